The summed E-state index contributed by atoms with van der Waals surface area (Å²) in [6, 6.07) is 11.8. The third-order valence-electron chi connectivity index (χ3n) is 6.04. The predicted molar refractivity (Wildman–Crippen MR) is 114 cm³/mol. The zero-order valence-electron chi connectivity index (χ0n) is 17.8. The number of imide groups is 1. The van der Waals surface area contributed by atoms with Crippen LogP contribution in [0.3, 0.4) is 0 Å². The van der Waals surface area contributed by atoms with E-state index in [0.717, 1.165) is 22.0 Å². The molecule has 0 atom stereocenters. The Bertz CT molecular complexity index is 1020. The van der Waals surface area contributed by atoms with Gasteiger partial charge in [-0.2, -0.15) is 0 Å². The number of benzene rings is 1. The molecule has 162 valence electrons. The van der Waals surface area contributed by atoms with E-state index in [1.54, 1.807) is 9.80 Å². The lowest BCUT2D eigenvalue weighted by molar-refractivity contribution is -0.146. The van der Waals surface area contributed by atoms with Gasteiger partial charge in [0, 0.05) is 56.1 Å². The first kappa shape index (κ1) is 20.8. The fraction of sp³-hybridized carbons (Fsp3) is 0.391. The van der Waals surface area contributed by atoms with Gasteiger partial charge in [0.05, 0.1) is 5.56 Å². The molecule has 2 aromatic rings. The van der Waals surface area contributed by atoms with Crippen LogP contribution in [0.1, 0.15) is 34.6 Å². The summed E-state index contributed by atoms with van der Waals surface area (Å²) in [6.45, 7) is 5.33. The average molecular weight is 422 g/mol. The van der Waals surface area contributed by atoms with Gasteiger partial charge in [-0.1, -0.05) is 18.2 Å². The van der Waals surface area contributed by atoms with E-state index in [-0.39, 0.29) is 43.0 Å². The van der Waals surface area contributed by atoms with Crippen molar-refractivity contribution in [3.05, 3.63) is 53.3 Å². The molecule has 0 N–H and O–H groups in total. The molecular weight excluding hydrogens is 396 g/mol. The highest BCUT2D eigenvalue weighted by molar-refractivity contribution is 6.04. The highest BCUT2D eigenvalue weighted by Crippen LogP contribution is 2.22. The van der Waals surface area contributed by atoms with Crippen LogP contribution in [-0.4, -0.2) is 75.6 Å². The minimum Gasteiger partial charge on any atom is -0.338 e. The van der Waals surface area contributed by atoms with Crippen LogP contribution in [0, 0.1) is 13.8 Å². The Balaban J connectivity index is 1.40. The number of nitrogens with zero attached hydrogens (tertiary/aromatic N) is 4. The van der Waals surface area contributed by atoms with Gasteiger partial charge >= 0.3 is 0 Å². The van der Waals surface area contributed by atoms with Gasteiger partial charge in [0.15, 0.2) is 0 Å². The van der Waals surface area contributed by atoms with Gasteiger partial charge < -0.3 is 14.4 Å². The van der Waals surface area contributed by atoms with Crippen molar-refractivity contribution in [2.75, 3.05) is 32.7 Å². The van der Waals surface area contributed by atoms with Gasteiger partial charge in [0.25, 0.3) is 5.91 Å². The van der Waals surface area contributed by atoms with Crippen molar-refractivity contribution < 1.29 is 19.2 Å². The maximum Gasteiger partial charge on any atom is 0.255 e. The zero-order valence-corrected chi connectivity index (χ0v) is 17.8. The van der Waals surface area contributed by atoms with Crippen molar-refractivity contribution in [3.8, 4) is 5.69 Å². The first-order chi connectivity index (χ1) is 14.9. The number of amides is 4. The molecule has 0 saturated carbocycles. The van der Waals surface area contributed by atoms with E-state index in [1.807, 2.05) is 50.2 Å². The van der Waals surface area contributed by atoms with Gasteiger partial charge in [-0.05, 0) is 32.0 Å². The fourth-order valence-corrected chi connectivity index (χ4v) is 4.32. The molecule has 0 radical (unpaired) electrons. The molecule has 0 aliphatic carbocycles. The Morgan fingerprint density at radius 3 is 2.06 bits per heavy atom. The van der Waals surface area contributed by atoms with E-state index in [1.165, 1.54) is 0 Å². The SMILES string of the molecule is Cc1cc(C(=O)N2CCN(C(=O)CN3C(=O)CCC3=O)CC2)c(C)n1-c1ccccc1. The molecular formula is C23H26N4O4. The van der Waals surface area contributed by atoms with Crippen LogP contribution < -0.4 is 0 Å². The molecule has 31 heavy (non-hydrogen) atoms. The molecule has 4 amide bonds. The number of hydrogen-bond acceptors (Lipinski definition) is 4. The first-order valence-corrected chi connectivity index (χ1v) is 10.5. The molecule has 1 aromatic heterocycles. The average Bonchev–Trinajstić information content (AvgIpc) is 3.26. The second-order valence-corrected chi connectivity index (χ2v) is 8.00. The second kappa shape index (κ2) is 8.37. The summed E-state index contributed by atoms with van der Waals surface area (Å²) >= 11 is 0. The summed E-state index contributed by atoms with van der Waals surface area (Å²) in [5, 5.41) is 0. The van der Waals surface area contributed by atoms with Crippen molar-refractivity contribution in [1.29, 1.82) is 0 Å². The normalized spacial score (nSPS) is 16.9. The summed E-state index contributed by atoms with van der Waals surface area (Å²) in [7, 11) is 0. The lowest BCUT2D eigenvalue weighted by Gasteiger charge is -2.35. The Kier molecular flexibility index (Phi) is 5.63. The van der Waals surface area contributed by atoms with Gasteiger partial charge in [0.1, 0.15) is 6.54 Å². The Morgan fingerprint density at radius 1 is 0.871 bits per heavy atom. The topological polar surface area (TPSA) is 82.9 Å². The lowest BCUT2D eigenvalue weighted by Crippen LogP contribution is -2.53. The number of carbonyl (C=O) groups is 4. The van der Waals surface area contributed by atoms with Crippen molar-refractivity contribution in [1.82, 2.24) is 19.3 Å². The third-order valence-corrected chi connectivity index (χ3v) is 6.04. The number of para-hydroxylation sites is 1. The molecule has 0 bridgehead atoms. The molecule has 2 saturated heterocycles. The summed E-state index contributed by atoms with van der Waals surface area (Å²) in [4.78, 5) is 53.6. The number of aryl methyl sites for hydroxylation is 1. The van der Waals surface area contributed by atoms with Crippen LogP contribution in [0.5, 0.6) is 0 Å². The Hall–Kier alpha value is -3.42. The summed E-state index contributed by atoms with van der Waals surface area (Å²) in [6.07, 6.45) is 0.353. The highest BCUT2D eigenvalue weighted by Gasteiger charge is 2.33. The molecule has 2 aliphatic rings. The Morgan fingerprint density at radius 2 is 1.45 bits per heavy atom. The minimum atomic E-state index is -0.291. The van der Waals surface area contributed by atoms with Crippen molar-refractivity contribution in [2.45, 2.75) is 26.7 Å². The van der Waals surface area contributed by atoms with Crippen LogP contribution >= 0.6 is 0 Å². The number of rotatable bonds is 4. The van der Waals surface area contributed by atoms with Crippen molar-refractivity contribution in [3.63, 3.8) is 0 Å². The molecule has 2 fully saturated rings. The molecule has 8 nitrogen and oxygen atoms in total. The third kappa shape index (κ3) is 3.97. The van der Waals surface area contributed by atoms with Crippen LogP contribution in [0.25, 0.3) is 5.69 Å². The van der Waals surface area contributed by atoms with E-state index >= 15 is 0 Å². The first-order valence-electron chi connectivity index (χ1n) is 10.5. The van der Waals surface area contributed by atoms with Gasteiger partial charge in [-0.25, -0.2) is 0 Å². The standard InChI is InChI=1S/C23H26N4O4/c1-16-14-19(17(2)27(16)18-6-4-3-5-7-18)23(31)25-12-10-24(11-13-25)22(30)15-26-20(28)8-9-21(26)29/h3-7,14H,8-13,15H2,1-2H3. The van der Waals surface area contributed by atoms with Crippen molar-refractivity contribution >= 4 is 23.6 Å². The van der Waals surface area contributed by atoms with E-state index in [9.17, 15) is 19.2 Å². The zero-order chi connectivity index (χ0) is 22.1. The molecule has 3 heterocycles. The molecule has 8 heteroatoms. The maximum absolute atomic E-state index is 13.2. The summed E-state index contributed by atoms with van der Waals surface area (Å²) in [5.41, 5.74) is 3.55. The number of aromatic nitrogens is 1. The van der Waals surface area contributed by atoms with Gasteiger partial charge in [-0.15, -0.1) is 0 Å². The van der Waals surface area contributed by atoms with Gasteiger partial charge in [-0.3, -0.25) is 24.1 Å². The van der Waals surface area contributed by atoms with E-state index in [0.29, 0.717) is 31.7 Å². The van der Waals surface area contributed by atoms with E-state index in [4.69, 9.17) is 0 Å². The van der Waals surface area contributed by atoms with Crippen LogP contribution in [0.4, 0.5) is 0 Å². The largest absolute Gasteiger partial charge is 0.338 e. The number of likely N-dealkylation sites (tertiary alicyclic amines) is 1. The van der Waals surface area contributed by atoms with Crippen LogP contribution in [0.2, 0.25) is 0 Å². The number of piperazine rings is 1. The van der Waals surface area contributed by atoms with Gasteiger partial charge in [0.2, 0.25) is 17.7 Å². The van der Waals surface area contributed by atoms with E-state index in [2.05, 4.69) is 4.57 Å². The molecule has 4 rings (SSSR count). The molecule has 1 aromatic carbocycles. The monoisotopic (exact) mass is 422 g/mol. The van der Waals surface area contributed by atoms with E-state index < -0.39 is 0 Å². The summed E-state index contributed by atoms with van der Waals surface area (Å²) in [5.74, 6) is -0.882. The van der Waals surface area contributed by atoms with Crippen molar-refractivity contribution in [2.24, 2.45) is 0 Å². The fourth-order valence-electron chi connectivity index (χ4n) is 4.32. The molecule has 0 unspecified atom stereocenters. The maximum atomic E-state index is 13.2. The highest BCUT2D eigenvalue weighted by atomic mass is 16.2. The second-order valence-electron chi connectivity index (χ2n) is 8.00. The predicted octanol–water partition coefficient (Wildman–Crippen LogP) is 1.53. The lowest BCUT2D eigenvalue weighted by atomic mass is 10.2. The molecule has 0 spiro atoms. The number of hydrogen-bond donors (Lipinski definition) is 0. The minimum absolute atomic E-state index is 0.0488. The quantitative estimate of drug-likeness (QED) is 0.700. The van der Waals surface area contributed by atoms with Crippen LogP contribution in [-0.2, 0) is 14.4 Å². The Labute approximate surface area is 181 Å². The van der Waals surface area contributed by atoms with Crippen LogP contribution in [0.15, 0.2) is 36.4 Å². The smallest absolute Gasteiger partial charge is 0.255 e. The molecule has 2 aliphatic heterocycles. The number of carbonyl (C=O) groups excluding carboxylic acids is 4. The summed E-state index contributed by atoms with van der Waals surface area (Å²) < 4.78 is 2.07.